The zero-order chi connectivity index (χ0) is 15.6. The molecule has 122 valence electrons. The number of hydrogen-bond donors (Lipinski definition) is 0. The van der Waals surface area contributed by atoms with E-state index in [2.05, 4.69) is 4.98 Å². The van der Waals surface area contributed by atoms with E-state index < -0.39 is 10.0 Å². The Morgan fingerprint density at radius 3 is 3.00 bits per heavy atom. The summed E-state index contributed by atoms with van der Waals surface area (Å²) in [7, 11) is -3.18. The third kappa shape index (κ3) is 3.17. The standard InChI is InChI=1S/C15H22N2O4S/c1-2-22(18,19)17-9-10-20-15-13(17)6-7-14(15)21-11-12-5-3-4-8-16-12/h3-5,8,13-15H,2,6-7,9-11H2,1H3/t13-,14+,15-/m1/s1. The maximum absolute atomic E-state index is 12.2. The summed E-state index contributed by atoms with van der Waals surface area (Å²) in [4.78, 5) is 4.24. The average molecular weight is 326 g/mol. The fourth-order valence-electron chi connectivity index (χ4n) is 3.25. The molecule has 7 heteroatoms. The first kappa shape index (κ1) is 15.9. The second-order valence-electron chi connectivity index (χ2n) is 5.66. The minimum atomic E-state index is -3.18. The van der Waals surface area contributed by atoms with Gasteiger partial charge in [-0.2, -0.15) is 4.31 Å². The molecule has 1 aliphatic carbocycles. The first-order chi connectivity index (χ1) is 10.6. The topological polar surface area (TPSA) is 68.7 Å². The van der Waals surface area contributed by atoms with Crippen LogP contribution in [-0.4, -0.2) is 54.9 Å². The quantitative estimate of drug-likeness (QED) is 0.813. The van der Waals surface area contributed by atoms with Gasteiger partial charge in [0, 0.05) is 12.7 Å². The van der Waals surface area contributed by atoms with Crippen molar-refractivity contribution in [3.05, 3.63) is 30.1 Å². The number of hydrogen-bond acceptors (Lipinski definition) is 5. The Hall–Kier alpha value is -1.02. The summed E-state index contributed by atoms with van der Waals surface area (Å²) in [5, 5.41) is 0. The number of sulfonamides is 1. The molecule has 2 heterocycles. The summed E-state index contributed by atoms with van der Waals surface area (Å²) in [6.45, 7) is 3.00. The van der Waals surface area contributed by atoms with Crippen molar-refractivity contribution in [3.8, 4) is 0 Å². The van der Waals surface area contributed by atoms with Gasteiger partial charge in [0.25, 0.3) is 0 Å². The van der Waals surface area contributed by atoms with E-state index in [9.17, 15) is 8.42 Å². The van der Waals surface area contributed by atoms with E-state index >= 15 is 0 Å². The molecule has 0 spiro atoms. The van der Waals surface area contributed by atoms with Crippen LogP contribution in [0.1, 0.15) is 25.5 Å². The van der Waals surface area contributed by atoms with Crippen LogP contribution >= 0.6 is 0 Å². The first-order valence-electron chi connectivity index (χ1n) is 7.74. The van der Waals surface area contributed by atoms with Crippen molar-refractivity contribution in [2.24, 2.45) is 0 Å². The van der Waals surface area contributed by atoms with Gasteiger partial charge in [0.15, 0.2) is 0 Å². The van der Waals surface area contributed by atoms with Crippen molar-refractivity contribution in [2.75, 3.05) is 18.9 Å². The number of nitrogens with zero attached hydrogens (tertiary/aromatic N) is 2. The Morgan fingerprint density at radius 2 is 2.27 bits per heavy atom. The van der Waals surface area contributed by atoms with Crippen molar-refractivity contribution in [1.29, 1.82) is 0 Å². The van der Waals surface area contributed by atoms with Crippen molar-refractivity contribution < 1.29 is 17.9 Å². The van der Waals surface area contributed by atoms with E-state index in [1.807, 2.05) is 18.2 Å². The van der Waals surface area contributed by atoms with Crippen LogP contribution in [0.25, 0.3) is 0 Å². The SMILES string of the molecule is CCS(=O)(=O)N1CCO[C@H]2[C@@H](OCc3ccccn3)CC[C@H]21. The minimum absolute atomic E-state index is 0.0677. The lowest BCUT2D eigenvalue weighted by molar-refractivity contribution is -0.101. The van der Waals surface area contributed by atoms with E-state index in [1.165, 1.54) is 0 Å². The third-order valence-electron chi connectivity index (χ3n) is 4.38. The van der Waals surface area contributed by atoms with Gasteiger partial charge in [-0.3, -0.25) is 4.98 Å². The van der Waals surface area contributed by atoms with E-state index in [4.69, 9.17) is 9.47 Å². The molecule has 0 bridgehead atoms. The van der Waals surface area contributed by atoms with Gasteiger partial charge in [0.2, 0.25) is 10.0 Å². The average Bonchev–Trinajstić information content (AvgIpc) is 2.97. The van der Waals surface area contributed by atoms with Crippen LogP contribution in [0.2, 0.25) is 0 Å². The fourth-order valence-corrected chi connectivity index (χ4v) is 4.57. The highest BCUT2D eigenvalue weighted by Gasteiger charge is 2.46. The van der Waals surface area contributed by atoms with Gasteiger partial charge in [0.05, 0.1) is 36.8 Å². The Labute approximate surface area is 131 Å². The Morgan fingerprint density at radius 1 is 1.41 bits per heavy atom. The monoisotopic (exact) mass is 326 g/mol. The van der Waals surface area contributed by atoms with Gasteiger partial charge in [-0.15, -0.1) is 0 Å². The zero-order valence-corrected chi connectivity index (χ0v) is 13.5. The smallest absolute Gasteiger partial charge is 0.214 e. The summed E-state index contributed by atoms with van der Waals surface area (Å²) < 4.78 is 37.8. The molecule has 0 aromatic carbocycles. The molecule has 1 aliphatic heterocycles. The summed E-state index contributed by atoms with van der Waals surface area (Å²) in [5.41, 5.74) is 0.875. The molecule has 1 saturated heterocycles. The van der Waals surface area contributed by atoms with E-state index in [-0.39, 0.29) is 24.0 Å². The van der Waals surface area contributed by atoms with E-state index in [0.29, 0.717) is 19.8 Å². The molecule has 6 nitrogen and oxygen atoms in total. The van der Waals surface area contributed by atoms with Gasteiger partial charge in [-0.1, -0.05) is 6.07 Å². The van der Waals surface area contributed by atoms with Crippen LogP contribution in [-0.2, 0) is 26.1 Å². The zero-order valence-electron chi connectivity index (χ0n) is 12.7. The molecule has 2 aliphatic rings. The third-order valence-corrected chi connectivity index (χ3v) is 6.28. The molecule has 1 aromatic heterocycles. The fraction of sp³-hybridized carbons (Fsp3) is 0.667. The van der Waals surface area contributed by atoms with Crippen LogP contribution < -0.4 is 0 Å². The highest BCUT2D eigenvalue weighted by atomic mass is 32.2. The van der Waals surface area contributed by atoms with Crippen molar-refractivity contribution in [3.63, 3.8) is 0 Å². The Kier molecular flexibility index (Phi) is 4.77. The molecule has 0 radical (unpaired) electrons. The molecule has 3 atom stereocenters. The molecule has 1 saturated carbocycles. The molecule has 0 amide bonds. The van der Waals surface area contributed by atoms with Crippen molar-refractivity contribution >= 4 is 10.0 Å². The molecule has 2 fully saturated rings. The highest BCUT2D eigenvalue weighted by Crippen LogP contribution is 2.34. The molecule has 0 unspecified atom stereocenters. The first-order valence-corrected chi connectivity index (χ1v) is 9.35. The van der Waals surface area contributed by atoms with Crippen LogP contribution in [0.4, 0.5) is 0 Å². The summed E-state index contributed by atoms with van der Waals surface area (Å²) in [6.07, 6.45) is 3.11. The largest absolute Gasteiger partial charge is 0.372 e. The predicted octanol–water partition coefficient (Wildman–Crippen LogP) is 1.18. The molecule has 22 heavy (non-hydrogen) atoms. The van der Waals surface area contributed by atoms with E-state index in [0.717, 1.165) is 18.5 Å². The Balaban J connectivity index is 1.65. The molecular formula is C15H22N2O4S. The van der Waals surface area contributed by atoms with Crippen LogP contribution in [0, 0.1) is 0 Å². The maximum Gasteiger partial charge on any atom is 0.214 e. The van der Waals surface area contributed by atoms with Crippen LogP contribution in [0.3, 0.4) is 0 Å². The van der Waals surface area contributed by atoms with Gasteiger partial charge >= 0.3 is 0 Å². The maximum atomic E-state index is 12.2. The summed E-state index contributed by atoms with van der Waals surface area (Å²) in [6, 6.07) is 5.62. The lowest BCUT2D eigenvalue weighted by Gasteiger charge is -2.37. The highest BCUT2D eigenvalue weighted by molar-refractivity contribution is 7.89. The van der Waals surface area contributed by atoms with Gasteiger partial charge in [-0.05, 0) is 31.9 Å². The van der Waals surface area contributed by atoms with Gasteiger partial charge in [0.1, 0.15) is 6.10 Å². The van der Waals surface area contributed by atoms with Gasteiger partial charge < -0.3 is 9.47 Å². The van der Waals surface area contributed by atoms with Gasteiger partial charge in [-0.25, -0.2) is 8.42 Å². The van der Waals surface area contributed by atoms with Crippen LogP contribution in [0.15, 0.2) is 24.4 Å². The summed E-state index contributed by atoms with van der Waals surface area (Å²) in [5.74, 6) is 0.135. The van der Waals surface area contributed by atoms with E-state index in [1.54, 1.807) is 17.4 Å². The Bertz CT molecular complexity index is 593. The molecular weight excluding hydrogens is 304 g/mol. The number of ether oxygens (including phenoxy) is 2. The second kappa shape index (κ2) is 6.62. The second-order valence-corrected chi connectivity index (χ2v) is 7.87. The predicted molar refractivity (Wildman–Crippen MR) is 81.7 cm³/mol. The molecule has 3 rings (SSSR count). The lowest BCUT2D eigenvalue weighted by atomic mass is 10.1. The number of rotatable bonds is 5. The lowest BCUT2D eigenvalue weighted by Crippen LogP contribution is -2.54. The number of fused-ring (bicyclic) bond motifs is 1. The summed E-state index contributed by atoms with van der Waals surface area (Å²) >= 11 is 0. The molecule has 1 aromatic rings. The van der Waals surface area contributed by atoms with Crippen molar-refractivity contribution in [1.82, 2.24) is 9.29 Å². The number of pyridine rings is 1. The van der Waals surface area contributed by atoms with Crippen LogP contribution in [0.5, 0.6) is 0 Å². The van der Waals surface area contributed by atoms with Crippen molar-refractivity contribution in [2.45, 2.75) is 44.6 Å². The minimum Gasteiger partial charge on any atom is -0.372 e. The normalized spacial score (nSPS) is 29.4. The molecule has 0 N–H and O–H groups in total. The number of aromatic nitrogens is 1. The number of morpholine rings is 1.